The highest BCUT2D eigenvalue weighted by atomic mass is 31.2. The van der Waals surface area contributed by atoms with E-state index in [9.17, 15) is 19.0 Å². The minimum atomic E-state index is -4.40. The van der Waals surface area contributed by atoms with Crippen molar-refractivity contribution in [2.24, 2.45) is 0 Å². The fraction of sp³-hybridized carbons (Fsp3) is 0.720. The first kappa shape index (κ1) is 57.4. The highest BCUT2D eigenvalue weighted by molar-refractivity contribution is 7.47. The highest BCUT2D eigenvalue weighted by Gasteiger charge is 2.27. The second-order valence-corrected chi connectivity index (χ2v) is 18.2. The minimum absolute atomic E-state index is 0.0169. The van der Waals surface area contributed by atoms with Crippen molar-refractivity contribution < 1.29 is 42.1 Å². The Labute approximate surface area is 368 Å². The summed E-state index contributed by atoms with van der Waals surface area (Å²) in [6.45, 7) is 4.30. The SMILES string of the molecule is CCCCC/C=C\C/C=C\C/C=C\C/C=C\C/C=C\CCC(=O)OC[C@H](COP(=O)(O)OCC[N+](C)(C)C)OC(=O)CCCCCCCCC/C=C\CCCCCCCC. The number of quaternary nitrogens is 1. The van der Waals surface area contributed by atoms with Crippen LogP contribution in [0, 0.1) is 0 Å². The number of likely N-dealkylation sites (N-methyl/N-ethyl adjacent to an activating group) is 1. The monoisotopic (exact) mass is 863 g/mol. The van der Waals surface area contributed by atoms with E-state index in [0.717, 1.165) is 51.4 Å². The van der Waals surface area contributed by atoms with Crippen molar-refractivity contribution in [1.82, 2.24) is 0 Å². The normalized spacial score (nSPS) is 14.2. The quantitative estimate of drug-likeness (QED) is 0.0212. The molecule has 0 aliphatic carbocycles. The number of nitrogens with zero attached hydrogens (tertiary/aromatic N) is 1. The molecule has 0 aliphatic rings. The standard InChI is InChI=1S/C50H88NO8P/c1-6-8-10-12-14-16-18-20-22-24-25-27-28-30-32-34-36-38-40-42-49(52)56-46-48(47-58-60(54,55)57-45-44-51(3,4)5)59-50(53)43-41-39-37-35-33-31-29-26-23-21-19-17-15-13-11-9-7-2/h14,16,20-23,25,27,30,32,36,38,48H,6-13,15,17-19,24,26,28-29,31,33-35,37,39-47H2,1-5H3/p+1/b16-14-,22-20-,23-21-,27-25-,32-30-,38-36-/t48-/m1/s1. The molecule has 1 unspecified atom stereocenters. The number of carbonyl (C=O) groups excluding carboxylic acids is 2. The average molecular weight is 863 g/mol. The zero-order valence-corrected chi connectivity index (χ0v) is 39.8. The van der Waals surface area contributed by atoms with Gasteiger partial charge in [-0.2, -0.15) is 0 Å². The molecule has 0 heterocycles. The molecule has 0 aromatic carbocycles. The van der Waals surface area contributed by atoms with Crippen molar-refractivity contribution in [2.75, 3.05) is 47.5 Å². The van der Waals surface area contributed by atoms with Crippen LogP contribution in [0.25, 0.3) is 0 Å². The molecule has 0 aromatic heterocycles. The molecule has 0 rings (SSSR count). The van der Waals surface area contributed by atoms with E-state index in [1.165, 1.54) is 89.9 Å². The lowest BCUT2D eigenvalue weighted by atomic mass is 10.1. The zero-order chi connectivity index (χ0) is 44.3. The number of phosphoric acid groups is 1. The Morgan fingerprint density at radius 2 is 0.933 bits per heavy atom. The van der Waals surface area contributed by atoms with Crippen molar-refractivity contribution >= 4 is 19.8 Å². The largest absolute Gasteiger partial charge is 0.472 e. The number of hydrogen-bond acceptors (Lipinski definition) is 7. The fourth-order valence-electron chi connectivity index (χ4n) is 5.99. The van der Waals surface area contributed by atoms with E-state index < -0.39 is 32.5 Å². The molecule has 0 aliphatic heterocycles. The van der Waals surface area contributed by atoms with Crippen LogP contribution in [0.4, 0.5) is 0 Å². The first-order valence-electron chi connectivity index (χ1n) is 23.7. The summed E-state index contributed by atoms with van der Waals surface area (Å²) in [4.78, 5) is 35.4. The molecule has 0 aromatic rings. The average Bonchev–Trinajstić information content (AvgIpc) is 3.20. The van der Waals surface area contributed by atoms with Crippen LogP contribution in [-0.2, 0) is 32.7 Å². The minimum Gasteiger partial charge on any atom is -0.462 e. The predicted molar refractivity (Wildman–Crippen MR) is 252 cm³/mol. The molecule has 0 fully saturated rings. The molecule has 346 valence electrons. The van der Waals surface area contributed by atoms with Gasteiger partial charge in [0.1, 0.15) is 19.8 Å². The summed E-state index contributed by atoms with van der Waals surface area (Å²) in [6, 6.07) is 0. The van der Waals surface area contributed by atoms with Gasteiger partial charge in [0.2, 0.25) is 0 Å². The summed E-state index contributed by atoms with van der Waals surface area (Å²) in [5, 5.41) is 0. The number of carbonyl (C=O) groups is 2. The van der Waals surface area contributed by atoms with Crippen LogP contribution in [0.3, 0.4) is 0 Å². The number of phosphoric ester groups is 1. The lowest BCUT2D eigenvalue weighted by Gasteiger charge is -2.24. The van der Waals surface area contributed by atoms with Gasteiger partial charge < -0.3 is 18.9 Å². The molecule has 2 atom stereocenters. The molecule has 0 saturated carbocycles. The second kappa shape index (κ2) is 41.8. The zero-order valence-electron chi connectivity index (χ0n) is 38.9. The molecule has 0 spiro atoms. The van der Waals surface area contributed by atoms with Gasteiger partial charge in [-0.1, -0.05) is 164 Å². The van der Waals surface area contributed by atoms with Gasteiger partial charge in [-0.3, -0.25) is 18.6 Å². The predicted octanol–water partition coefficient (Wildman–Crippen LogP) is 13.8. The van der Waals surface area contributed by atoms with Gasteiger partial charge in [0, 0.05) is 12.8 Å². The van der Waals surface area contributed by atoms with Crippen LogP contribution < -0.4 is 0 Å². The number of rotatable bonds is 42. The van der Waals surface area contributed by atoms with Crippen LogP contribution in [0.15, 0.2) is 72.9 Å². The summed E-state index contributed by atoms with van der Waals surface area (Å²) in [6.07, 6.45) is 52.5. The van der Waals surface area contributed by atoms with Gasteiger partial charge >= 0.3 is 19.8 Å². The number of unbranched alkanes of at least 4 members (excludes halogenated alkanes) is 16. The Hall–Kier alpha value is -2.55. The number of allylic oxidation sites excluding steroid dienone is 12. The topological polar surface area (TPSA) is 108 Å². The van der Waals surface area contributed by atoms with Crippen molar-refractivity contribution in [1.29, 1.82) is 0 Å². The maximum atomic E-state index is 12.7. The van der Waals surface area contributed by atoms with Gasteiger partial charge in [0.15, 0.2) is 6.10 Å². The summed E-state index contributed by atoms with van der Waals surface area (Å²) in [5.74, 6) is -0.903. The fourth-order valence-corrected chi connectivity index (χ4v) is 6.73. The molecular formula is C50H89NO8P+. The van der Waals surface area contributed by atoms with E-state index in [1.807, 2.05) is 33.3 Å². The Morgan fingerprint density at radius 3 is 1.45 bits per heavy atom. The van der Waals surface area contributed by atoms with Gasteiger partial charge in [0.25, 0.3) is 0 Å². The van der Waals surface area contributed by atoms with Gasteiger partial charge in [0.05, 0.1) is 27.7 Å². The lowest BCUT2D eigenvalue weighted by molar-refractivity contribution is -0.870. The van der Waals surface area contributed by atoms with Crippen molar-refractivity contribution in [3.05, 3.63) is 72.9 Å². The molecule has 60 heavy (non-hydrogen) atoms. The Kier molecular flexibility index (Phi) is 40.0. The maximum Gasteiger partial charge on any atom is 0.472 e. The lowest BCUT2D eigenvalue weighted by Crippen LogP contribution is -2.37. The van der Waals surface area contributed by atoms with Crippen LogP contribution in [0.5, 0.6) is 0 Å². The van der Waals surface area contributed by atoms with Crippen LogP contribution in [0.1, 0.15) is 181 Å². The van der Waals surface area contributed by atoms with Crippen LogP contribution in [0.2, 0.25) is 0 Å². The number of esters is 2. The van der Waals surface area contributed by atoms with Gasteiger partial charge in [-0.15, -0.1) is 0 Å². The molecule has 0 amide bonds. The van der Waals surface area contributed by atoms with Crippen molar-refractivity contribution in [3.63, 3.8) is 0 Å². The van der Waals surface area contributed by atoms with Crippen LogP contribution in [-0.4, -0.2) is 74.9 Å². The summed E-state index contributed by atoms with van der Waals surface area (Å²) >= 11 is 0. The van der Waals surface area contributed by atoms with Gasteiger partial charge in [-0.25, -0.2) is 4.57 Å². The number of ether oxygens (including phenoxy) is 2. The van der Waals surface area contributed by atoms with Crippen LogP contribution >= 0.6 is 7.82 Å². The molecule has 9 nitrogen and oxygen atoms in total. The third-order valence-corrected chi connectivity index (χ3v) is 10.7. The van der Waals surface area contributed by atoms with E-state index in [1.54, 1.807) is 0 Å². The van der Waals surface area contributed by atoms with Crippen molar-refractivity contribution in [2.45, 2.75) is 187 Å². The Balaban J connectivity index is 4.45. The second-order valence-electron chi connectivity index (χ2n) is 16.8. The molecule has 0 bridgehead atoms. The first-order valence-corrected chi connectivity index (χ1v) is 25.2. The summed E-state index contributed by atoms with van der Waals surface area (Å²) in [7, 11) is 1.43. The number of hydrogen-bond donors (Lipinski definition) is 1. The van der Waals surface area contributed by atoms with Crippen molar-refractivity contribution in [3.8, 4) is 0 Å². The van der Waals surface area contributed by atoms with E-state index in [0.29, 0.717) is 23.9 Å². The molecule has 10 heteroatoms. The Morgan fingerprint density at radius 1 is 0.517 bits per heavy atom. The van der Waals surface area contributed by atoms with E-state index in [4.69, 9.17) is 18.5 Å². The van der Waals surface area contributed by atoms with E-state index in [-0.39, 0.29) is 26.1 Å². The molecule has 1 N–H and O–H groups in total. The third-order valence-electron chi connectivity index (χ3n) is 9.72. The molecule has 0 radical (unpaired) electrons. The summed E-state index contributed by atoms with van der Waals surface area (Å²) < 4.78 is 34.3. The Bertz CT molecular complexity index is 1250. The van der Waals surface area contributed by atoms with Gasteiger partial charge in [-0.05, 0) is 77.0 Å². The smallest absolute Gasteiger partial charge is 0.462 e. The van der Waals surface area contributed by atoms with E-state index >= 15 is 0 Å². The first-order chi connectivity index (χ1) is 29.0. The third kappa shape index (κ3) is 45.0. The van der Waals surface area contributed by atoms with E-state index in [2.05, 4.69) is 74.6 Å². The molecule has 0 saturated heterocycles. The maximum absolute atomic E-state index is 12.7. The highest BCUT2D eigenvalue weighted by Crippen LogP contribution is 2.43. The summed E-state index contributed by atoms with van der Waals surface area (Å²) in [5.41, 5.74) is 0. The molecular weight excluding hydrogens is 774 g/mol.